The van der Waals surface area contributed by atoms with Crippen LogP contribution in [0.25, 0.3) is 0 Å². The molecule has 1 spiro atoms. The molecule has 0 fully saturated rings. The number of phenols is 2. The summed E-state index contributed by atoms with van der Waals surface area (Å²) in [7, 11) is 0. The average Bonchev–Trinajstić information content (AvgIpc) is 3.45. The van der Waals surface area contributed by atoms with Crippen LogP contribution in [-0.2, 0) is 19.9 Å². The molecule has 1 amide bonds. The molecule has 4 aromatic rings. The number of fused-ring (bicyclic) bond motifs is 6. The van der Waals surface area contributed by atoms with Crippen molar-refractivity contribution in [3.8, 4) is 34.8 Å². The lowest BCUT2D eigenvalue weighted by Gasteiger charge is -2.36. The first-order valence-electron chi connectivity index (χ1n) is 13.4. The molecular formula is C31H26N2O10. The van der Waals surface area contributed by atoms with Crippen molar-refractivity contribution in [2.75, 3.05) is 0 Å². The van der Waals surface area contributed by atoms with Gasteiger partial charge in [-0.2, -0.15) is 0 Å². The molecule has 2 aliphatic rings. The van der Waals surface area contributed by atoms with Gasteiger partial charge in [-0.15, -0.1) is 4.73 Å². The van der Waals surface area contributed by atoms with Crippen LogP contribution in [-0.4, -0.2) is 43.5 Å². The summed E-state index contributed by atoms with van der Waals surface area (Å²) in [5, 5.41) is 42.2. The van der Waals surface area contributed by atoms with E-state index in [2.05, 4.69) is 5.32 Å². The van der Waals surface area contributed by atoms with Gasteiger partial charge in [-0.05, 0) is 48.7 Å². The third kappa shape index (κ3) is 4.72. The quantitative estimate of drug-likeness (QED) is 0.110. The van der Waals surface area contributed by atoms with Crippen molar-refractivity contribution in [3.63, 3.8) is 0 Å². The van der Waals surface area contributed by atoms with Gasteiger partial charge in [0, 0.05) is 47.4 Å². The van der Waals surface area contributed by atoms with Crippen LogP contribution in [0.15, 0.2) is 66.7 Å². The Morgan fingerprint density at radius 2 is 1.51 bits per heavy atom. The third-order valence-electron chi connectivity index (χ3n) is 7.58. The van der Waals surface area contributed by atoms with Gasteiger partial charge < -0.3 is 40.1 Å². The highest BCUT2D eigenvalue weighted by Crippen LogP contribution is 2.57. The normalized spacial score (nSPS) is 14.6. The van der Waals surface area contributed by atoms with Crippen LogP contribution >= 0.6 is 0 Å². The number of rotatable bonds is 9. The Morgan fingerprint density at radius 3 is 2.14 bits per heavy atom. The SMILES string of the molecule is O=CNC(CCCCC(=O)On1c(O)ccc1O)c1ccc2c(c1)C(=O)OC21c2ccc(O)cc2Oc2cc(O)ccc21. The van der Waals surface area contributed by atoms with E-state index in [0.717, 1.165) is 0 Å². The molecule has 0 saturated heterocycles. The molecular weight excluding hydrogens is 560 g/mol. The topological polar surface area (TPSA) is 177 Å². The summed E-state index contributed by atoms with van der Waals surface area (Å²) in [6.07, 6.45) is 1.88. The van der Waals surface area contributed by atoms with Crippen LogP contribution in [0.2, 0.25) is 0 Å². The van der Waals surface area contributed by atoms with E-state index in [-0.39, 0.29) is 35.0 Å². The highest BCUT2D eigenvalue weighted by atomic mass is 16.7. The van der Waals surface area contributed by atoms with Gasteiger partial charge in [0.25, 0.3) is 0 Å². The van der Waals surface area contributed by atoms with Crippen molar-refractivity contribution in [2.24, 2.45) is 0 Å². The summed E-state index contributed by atoms with van der Waals surface area (Å²) in [5.41, 5.74) is 1.07. The number of carbonyl (C=O) groups is 3. The summed E-state index contributed by atoms with van der Waals surface area (Å²) in [6, 6.07) is 16.1. The maximum atomic E-state index is 13.4. The smallest absolute Gasteiger partial charge is 0.340 e. The second-order valence-corrected chi connectivity index (χ2v) is 10.2. The van der Waals surface area contributed by atoms with Crippen molar-refractivity contribution in [3.05, 3.63) is 94.5 Å². The Bertz CT molecular complexity index is 1690. The number of esters is 1. The second kappa shape index (κ2) is 10.6. The van der Waals surface area contributed by atoms with E-state index < -0.39 is 35.3 Å². The zero-order valence-corrected chi connectivity index (χ0v) is 22.5. The number of aromatic nitrogens is 1. The van der Waals surface area contributed by atoms with Crippen molar-refractivity contribution in [2.45, 2.75) is 37.3 Å². The highest BCUT2D eigenvalue weighted by Gasteiger charge is 2.53. The molecule has 3 aromatic carbocycles. The fourth-order valence-corrected chi connectivity index (χ4v) is 5.63. The molecule has 12 heteroatoms. The van der Waals surface area contributed by atoms with Crippen molar-refractivity contribution >= 4 is 18.3 Å². The largest absolute Gasteiger partial charge is 0.508 e. The first kappa shape index (κ1) is 27.5. The molecule has 1 atom stereocenters. The summed E-state index contributed by atoms with van der Waals surface area (Å²) < 4.78 is 12.7. The number of carbonyl (C=O) groups excluding carboxylic acids is 3. The molecule has 2 aliphatic heterocycles. The number of amides is 1. The maximum Gasteiger partial charge on any atom is 0.340 e. The van der Waals surface area contributed by atoms with Gasteiger partial charge in [0.1, 0.15) is 23.0 Å². The number of hydrogen-bond acceptors (Lipinski definition) is 10. The number of phenolic OH excluding ortho intramolecular Hbond substituents is 2. The number of benzene rings is 3. The molecule has 1 aromatic heterocycles. The van der Waals surface area contributed by atoms with E-state index >= 15 is 0 Å². The van der Waals surface area contributed by atoms with E-state index in [4.69, 9.17) is 14.3 Å². The Kier molecular flexibility index (Phi) is 6.81. The number of hydrogen-bond donors (Lipinski definition) is 5. The van der Waals surface area contributed by atoms with Gasteiger partial charge in [0.15, 0.2) is 5.60 Å². The predicted octanol–water partition coefficient (Wildman–Crippen LogP) is 3.88. The fraction of sp³-hybridized carbons (Fsp3) is 0.194. The zero-order chi connectivity index (χ0) is 30.3. The molecule has 220 valence electrons. The minimum absolute atomic E-state index is 0.00407. The van der Waals surface area contributed by atoms with Gasteiger partial charge in [-0.1, -0.05) is 18.6 Å². The van der Waals surface area contributed by atoms with Crippen molar-refractivity contribution < 1.29 is 49.1 Å². The minimum atomic E-state index is -1.40. The van der Waals surface area contributed by atoms with Crippen LogP contribution < -0.4 is 14.9 Å². The summed E-state index contributed by atoms with van der Waals surface area (Å²) in [6.45, 7) is 0. The van der Waals surface area contributed by atoms with Gasteiger partial charge in [-0.3, -0.25) is 4.79 Å². The van der Waals surface area contributed by atoms with E-state index in [1.165, 1.54) is 36.4 Å². The summed E-state index contributed by atoms with van der Waals surface area (Å²) in [5.74, 6) is -1.65. The monoisotopic (exact) mass is 586 g/mol. The lowest BCUT2D eigenvalue weighted by molar-refractivity contribution is -0.145. The minimum Gasteiger partial charge on any atom is -0.508 e. The number of aromatic hydroxyl groups is 4. The average molecular weight is 587 g/mol. The molecule has 0 saturated carbocycles. The van der Waals surface area contributed by atoms with E-state index in [9.17, 15) is 34.8 Å². The van der Waals surface area contributed by atoms with E-state index in [0.29, 0.717) is 52.7 Å². The van der Waals surface area contributed by atoms with E-state index in [1.807, 2.05) is 0 Å². The number of nitrogens with one attached hydrogen (secondary N) is 1. The fourth-order valence-electron chi connectivity index (χ4n) is 5.63. The summed E-state index contributed by atoms with van der Waals surface area (Å²) in [4.78, 5) is 42.0. The number of unbranched alkanes of at least 4 members (excludes halogenated alkanes) is 1. The Balaban J connectivity index is 1.25. The Hall–Kier alpha value is -5.65. The van der Waals surface area contributed by atoms with Gasteiger partial charge in [-0.25, -0.2) is 9.59 Å². The first-order valence-corrected chi connectivity index (χ1v) is 13.4. The molecule has 3 heterocycles. The molecule has 43 heavy (non-hydrogen) atoms. The lowest BCUT2D eigenvalue weighted by atomic mass is 9.77. The van der Waals surface area contributed by atoms with Gasteiger partial charge >= 0.3 is 11.9 Å². The second-order valence-electron chi connectivity index (χ2n) is 10.2. The van der Waals surface area contributed by atoms with E-state index in [1.54, 1.807) is 30.3 Å². The summed E-state index contributed by atoms with van der Waals surface area (Å²) >= 11 is 0. The zero-order valence-electron chi connectivity index (χ0n) is 22.5. The van der Waals surface area contributed by atoms with Crippen molar-refractivity contribution in [1.29, 1.82) is 0 Å². The van der Waals surface area contributed by atoms with Crippen LogP contribution in [0.4, 0.5) is 0 Å². The molecule has 0 aliphatic carbocycles. The van der Waals surface area contributed by atoms with Gasteiger partial charge in [0.05, 0.1) is 11.6 Å². The van der Waals surface area contributed by atoms with Gasteiger partial charge in [0.2, 0.25) is 18.2 Å². The third-order valence-corrected chi connectivity index (χ3v) is 7.58. The molecule has 0 bridgehead atoms. The number of nitrogens with zero attached hydrogens (tertiary/aromatic N) is 1. The molecule has 5 N–H and O–H groups in total. The standard InChI is InChI=1S/C31H26N2O10/c34-16-32-24(3-1-2-4-29(39)43-33-27(37)11-12-28(33)38)17-5-8-21-20(13-17)30(40)42-31(21)22-9-6-18(35)14-25(22)41-26-15-19(36)7-10-23(26)31/h5-16,24,35-38H,1-4H2,(H,32,34). The first-order chi connectivity index (χ1) is 20.7. The van der Waals surface area contributed by atoms with Crippen LogP contribution in [0.1, 0.15) is 64.3 Å². The van der Waals surface area contributed by atoms with Crippen LogP contribution in [0, 0.1) is 0 Å². The number of ether oxygens (including phenoxy) is 2. The maximum absolute atomic E-state index is 13.4. The van der Waals surface area contributed by atoms with Crippen LogP contribution in [0.5, 0.6) is 34.8 Å². The highest BCUT2D eigenvalue weighted by molar-refractivity contribution is 5.97. The van der Waals surface area contributed by atoms with Crippen LogP contribution in [0.3, 0.4) is 0 Å². The Labute approximate surface area is 244 Å². The molecule has 12 nitrogen and oxygen atoms in total. The molecule has 1 unspecified atom stereocenters. The van der Waals surface area contributed by atoms with Crippen molar-refractivity contribution in [1.82, 2.24) is 10.0 Å². The lowest BCUT2D eigenvalue weighted by Crippen LogP contribution is -2.33. The molecule has 0 radical (unpaired) electrons. The Morgan fingerprint density at radius 1 is 0.884 bits per heavy atom. The predicted molar refractivity (Wildman–Crippen MR) is 148 cm³/mol. The molecule has 6 rings (SSSR count).